The number of quaternary nitrogens is 1. The van der Waals surface area contributed by atoms with E-state index in [0.717, 1.165) is 5.56 Å². The van der Waals surface area contributed by atoms with Gasteiger partial charge in [0.25, 0.3) is 0 Å². The van der Waals surface area contributed by atoms with Crippen molar-refractivity contribution in [3.05, 3.63) is 35.9 Å². The topological polar surface area (TPSA) is 53.9 Å². The van der Waals surface area contributed by atoms with Crippen molar-refractivity contribution in [3.63, 3.8) is 0 Å². The van der Waals surface area contributed by atoms with Crippen LogP contribution in [0.2, 0.25) is 0 Å². The SMILES string of the molecule is CC(C)OC(=O)[C@H]([NH3+])Cc1ccccc1. The lowest BCUT2D eigenvalue weighted by atomic mass is 10.1. The summed E-state index contributed by atoms with van der Waals surface area (Å²) in [6, 6.07) is 9.51. The van der Waals surface area contributed by atoms with Crippen LogP contribution in [0.1, 0.15) is 19.4 Å². The van der Waals surface area contributed by atoms with Crippen LogP contribution < -0.4 is 5.73 Å². The van der Waals surface area contributed by atoms with Crippen LogP contribution in [0, 0.1) is 0 Å². The van der Waals surface area contributed by atoms with Crippen molar-refractivity contribution in [1.29, 1.82) is 0 Å². The quantitative estimate of drug-likeness (QED) is 0.744. The molecule has 0 unspecified atom stereocenters. The number of hydrogen-bond donors (Lipinski definition) is 1. The minimum absolute atomic E-state index is 0.0717. The maximum absolute atomic E-state index is 11.5. The summed E-state index contributed by atoms with van der Waals surface area (Å²) in [6.45, 7) is 3.68. The predicted octanol–water partition coefficient (Wildman–Crippen LogP) is 0.791. The van der Waals surface area contributed by atoms with Gasteiger partial charge < -0.3 is 10.5 Å². The summed E-state index contributed by atoms with van der Waals surface area (Å²) in [6.07, 6.45) is 0.560. The molecular weight excluding hydrogens is 190 g/mol. The Balaban J connectivity index is 2.49. The summed E-state index contributed by atoms with van der Waals surface area (Å²) in [7, 11) is 0. The molecule has 3 N–H and O–H groups in total. The highest BCUT2D eigenvalue weighted by molar-refractivity contribution is 5.74. The highest BCUT2D eigenvalue weighted by Crippen LogP contribution is 2.02. The second kappa shape index (κ2) is 5.51. The molecule has 1 aromatic rings. The van der Waals surface area contributed by atoms with E-state index in [4.69, 9.17) is 4.74 Å². The number of ether oxygens (including phenoxy) is 1. The van der Waals surface area contributed by atoms with Gasteiger partial charge in [-0.1, -0.05) is 30.3 Å². The monoisotopic (exact) mass is 208 g/mol. The van der Waals surface area contributed by atoms with Gasteiger partial charge in [0.15, 0.2) is 6.04 Å². The lowest BCUT2D eigenvalue weighted by Gasteiger charge is -2.11. The van der Waals surface area contributed by atoms with Gasteiger partial charge in [-0.15, -0.1) is 0 Å². The first-order chi connectivity index (χ1) is 7.09. The second-order valence-corrected chi connectivity index (χ2v) is 3.87. The molecule has 1 atom stereocenters. The van der Waals surface area contributed by atoms with E-state index in [2.05, 4.69) is 5.73 Å². The summed E-state index contributed by atoms with van der Waals surface area (Å²) in [5.41, 5.74) is 4.92. The fourth-order valence-corrected chi connectivity index (χ4v) is 1.31. The van der Waals surface area contributed by atoms with Crippen LogP contribution in [-0.4, -0.2) is 18.1 Å². The van der Waals surface area contributed by atoms with Gasteiger partial charge in [-0.3, -0.25) is 0 Å². The molecule has 1 aromatic carbocycles. The standard InChI is InChI=1S/C12H17NO2/c1-9(2)15-12(14)11(13)8-10-6-4-3-5-7-10/h3-7,9,11H,8,13H2,1-2H3/p+1/t11-/m1/s1. The largest absolute Gasteiger partial charge is 0.459 e. The van der Waals surface area contributed by atoms with E-state index >= 15 is 0 Å². The van der Waals surface area contributed by atoms with Crippen LogP contribution >= 0.6 is 0 Å². The summed E-state index contributed by atoms with van der Waals surface area (Å²) in [4.78, 5) is 11.5. The van der Waals surface area contributed by atoms with Gasteiger partial charge in [-0.25, -0.2) is 4.79 Å². The Morgan fingerprint density at radius 2 is 1.93 bits per heavy atom. The Morgan fingerprint density at radius 3 is 2.47 bits per heavy atom. The zero-order valence-electron chi connectivity index (χ0n) is 9.27. The molecule has 0 saturated carbocycles. The van der Waals surface area contributed by atoms with Crippen LogP contribution in [0.5, 0.6) is 0 Å². The van der Waals surface area contributed by atoms with E-state index < -0.39 is 0 Å². The Labute approximate surface area is 90.2 Å². The molecule has 0 aromatic heterocycles. The van der Waals surface area contributed by atoms with Crippen LogP contribution in [-0.2, 0) is 16.0 Å². The number of carbonyl (C=O) groups excluding carboxylic acids is 1. The van der Waals surface area contributed by atoms with Crippen molar-refractivity contribution in [3.8, 4) is 0 Å². The number of carbonyl (C=O) groups is 1. The molecule has 0 amide bonds. The van der Waals surface area contributed by atoms with E-state index in [1.165, 1.54) is 0 Å². The fraction of sp³-hybridized carbons (Fsp3) is 0.417. The average Bonchev–Trinajstić information content (AvgIpc) is 2.18. The van der Waals surface area contributed by atoms with Gasteiger partial charge >= 0.3 is 5.97 Å². The summed E-state index contributed by atoms with van der Waals surface area (Å²) >= 11 is 0. The number of benzene rings is 1. The Kier molecular flexibility index (Phi) is 4.31. The molecular formula is C12H18NO2+. The molecule has 0 aliphatic rings. The normalized spacial score (nSPS) is 12.5. The highest BCUT2D eigenvalue weighted by atomic mass is 16.5. The Morgan fingerprint density at radius 1 is 1.33 bits per heavy atom. The van der Waals surface area contributed by atoms with Crippen LogP contribution in [0.3, 0.4) is 0 Å². The van der Waals surface area contributed by atoms with Gasteiger partial charge in [0, 0.05) is 6.42 Å². The van der Waals surface area contributed by atoms with Crippen LogP contribution in [0.4, 0.5) is 0 Å². The summed E-state index contributed by atoms with van der Waals surface area (Å²) in [5, 5.41) is 0. The zero-order chi connectivity index (χ0) is 11.3. The molecule has 15 heavy (non-hydrogen) atoms. The van der Waals surface area contributed by atoms with Crippen molar-refractivity contribution in [2.45, 2.75) is 32.4 Å². The smallest absolute Gasteiger partial charge is 0.365 e. The Hall–Kier alpha value is -1.35. The fourth-order valence-electron chi connectivity index (χ4n) is 1.31. The van der Waals surface area contributed by atoms with Crippen molar-refractivity contribution in [2.24, 2.45) is 0 Å². The maximum Gasteiger partial charge on any atom is 0.365 e. The van der Waals surface area contributed by atoms with E-state index in [-0.39, 0.29) is 18.1 Å². The minimum atomic E-state index is -0.324. The molecule has 0 saturated heterocycles. The van der Waals surface area contributed by atoms with Gasteiger partial charge in [-0.2, -0.15) is 0 Å². The lowest BCUT2D eigenvalue weighted by Crippen LogP contribution is -2.66. The Bertz CT molecular complexity index is 309. The van der Waals surface area contributed by atoms with E-state index in [0.29, 0.717) is 6.42 Å². The first kappa shape index (κ1) is 11.7. The predicted molar refractivity (Wildman–Crippen MR) is 58.1 cm³/mol. The maximum atomic E-state index is 11.5. The minimum Gasteiger partial charge on any atom is -0.459 e. The molecule has 0 spiro atoms. The molecule has 82 valence electrons. The molecule has 0 aliphatic heterocycles. The zero-order valence-corrected chi connectivity index (χ0v) is 9.27. The molecule has 0 aliphatic carbocycles. The second-order valence-electron chi connectivity index (χ2n) is 3.87. The molecule has 1 rings (SSSR count). The van der Waals surface area contributed by atoms with Gasteiger partial charge in [0.1, 0.15) is 0 Å². The molecule has 3 nitrogen and oxygen atoms in total. The van der Waals surface area contributed by atoms with Crippen molar-refractivity contribution < 1.29 is 15.3 Å². The third-order valence-electron chi connectivity index (χ3n) is 2.01. The highest BCUT2D eigenvalue weighted by Gasteiger charge is 2.20. The summed E-state index contributed by atoms with van der Waals surface area (Å²) in [5.74, 6) is -0.228. The van der Waals surface area contributed by atoms with Gasteiger partial charge in [0.05, 0.1) is 6.10 Å². The van der Waals surface area contributed by atoms with Crippen LogP contribution in [0.15, 0.2) is 30.3 Å². The van der Waals surface area contributed by atoms with Crippen molar-refractivity contribution in [1.82, 2.24) is 0 Å². The van der Waals surface area contributed by atoms with Gasteiger partial charge in [0.2, 0.25) is 0 Å². The van der Waals surface area contributed by atoms with E-state index in [9.17, 15) is 4.79 Å². The molecule has 0 bridgehead atoms. The van der Waals surface area contributed by atoms with Crippen molar-refractivity contribution in [2.75, 3.05) is 0 Å². The first-order valence-corrected chi connectivity index (χ1v) is 5.17. The van der Waals surface area contributed by atoms with Crippen LogP contribution in [0.25, 0.3) is 0 Å². The molecule has 3 heteroatoms. The number of rotatable bonds is 4. The van der Waals surface area contributed by atoms with E-state index in [1.54, 1.807) is 0 Å². The number of esters is 1. The third-order valence-corrected chi connectivity index (χ3v) is 2.01. The molecule has 0 radical (unpaired) electrons. The molecule has 0 heterocycles. The van der Waals surface area contributed by atoms with Gasteiger partial charge in [-0.05, 0) is 19.4 Å². The van der Waals surface area contributed by atoms with Crippen molar-refractivity contribution >= 4 is 5.97 Å². The average molecular weight is 208 g/mol. The third kappa shape index (κ3) is 4.13. The number of hydrogen-bond acceptors (Lipinski definition) is 2. The lowest BCUT2D eigenvalue weighted by molar-refractivity contribution is -0.408. The first-order valence-electron chi connectivity index (χ1n) is 5.17. The summed E-state index contributed by atoms with van der Waals surface area (Å²) < 4.78 is 5.08. The molecule has 0 fully saturated rings. The van der Waals surface area contributed by atoms with E-state index in [1.807, 2.05) is 44.2 Å².